The molecular weight excluding hydrogens is 445 g/mol. The smallest absolute Gasteiger partial charge is 0.417 e. The van der Waals surface area contributed by atoms with Crippen molar-refractivity contribution < 1.29 is 31.1 Å². The van der Waals surface area contributed by atoms with Crippen LogP contribution in [0.5, 0.6) is 5.75 Å². The van der Waals surface area contributed by atoms with Crippen LogP contribution in [-0.2, 0) is 27.5 Å². The van der Waals surface area contributed by atoms with Gasteiger partial charge in [-0.25, -0.2) is 13.1 Å². The minimum atomic E-state index is -4.81. The molecule has 0 aliphatic heterocycles. The predicted octanol–water partition coefficient (Wildman–Crippen LogP) is 3.61. The van der Waals surface area contributed by atoms with Gasteiger partial charge in [0.05, 0.1) is 29.1 Å². The van der Waals surface area contributed by atoms with E-state index >= 15 is 0 Å². The summed E-state index contributed by atoms with van der Waals surface area (Å²) in [7, 11) is -1.40. The number of likely N-dealkylation sites (N-methyl/N-ethyl adjacent to an activating group) is 1. The molecule has 0 spiro atoms. The van der Waals surface area contributed by atoms with Crippen molar-refractivity contribution in [3.63, 3.8) is 0 Å². The Kier molecular flexibility index (Phi) is 7.38. The lowest BCUT2D eigenvalue weighted by Crippen LogP contribution is -2.37. The number of carbonyl (C=O) groups is 1. The minimum Gasteiger partial charge on any atom is -0.496 e. The van der Waals surface area contributed by atoms with Crippen LogP contribution in [-0.4, -0.2) is 39.9 Å². The van der Waals surface area contributed by atoms with Gasteiger partial charge in [-0.15, -0.1) is 0 Å². The number of amides is 1. The Morgan fingerprint density at radius 1 is 1.20 bits per heavy atom. The van der Waals surface area contributed by atoms with Crippen LogP contribution < -0.4 is 9.46 Å². The highest BCUT2D eigenvalue weighted by atomic mass is 35.5. The first-order chi connectivity index (χ1) is 13.8. The fourth-order valence-corrected chi connectivity index (χ4v) is 3.86. The molecule has 164 valence electrons. The summed E-state index contributed by atoms with van der Waals surface area (Å²) in [6, 6.07) is 7.64. The number of hydrogen-bond acceptors (Lipinski definition) is 4. The highest BCUT2D eigenvalue weighted by molar-refractivity contribution is 7.89. The second kappa shape index (κ2) is 9.23. The summed E-state index contributed by atoms with van der Waals surface area (Å²) in [6.45, 7) is 1.40. The summed E-state index contributed by atoms with van der Waals surface area (Å²) >= 11 is 5.51. The number of ether oxygens (including phenoxy) is 1. The molecule has 1 amide bonds. The van der Waals surface area contributed by atoms with Gasteiger partial charge in [0.2, 0.25) is 15.9 Å². The van der Waals surface area contributed by atoms with Crippen molar-refractivity contribution >= 4 is 27.5 Å². The third-order valence-corrected chi connectivity index (χ3v) is 5.96. The van der Waals surface area contributed by atoms with E-state index < -0.39 is 44.1 Å². The zero-order valence-electron chi connectivity index (χ0n) is 16.4. The fourth-order valence-electron chi connectivity index (χ4n) is 2.64. The fraction of sp³-hybridized carbons (Fsp3) is 0.316. The first-order valence-corrected chi connectivity index (χ1v) is 10.4. The van der Waals surface area contributed by atoms with E-state index in [1.807, 2.05) is 23.8 Å². The van der Waals surface area contributed by atoms with Crippen LogP contribution >= 0.6 is 11.6 Å². The molecule has 2 rings (SSSR count). The van der Waals surface area contributed by atoms with E-state index in [0.29, 0.717) is 11.8 Å². The number of methoxy groups -OCH3 is 1. The monoisotopic (exact) mass is 464 g/mol. The van der Waals surface area contributed by atoms with Gasteiger partial charge in [0, 0.05) is 19.2 Å². The number of halogens is 4. The predicted molar refractivity (Wildman–Crippen MR) is 106 cm³/mol. The maximum atomic E-state index is 13.0. The summed E-state index contributed by atoms with van der Waals surface area (Å²) in [4.78, 5) is 13.0. The molecule has 6 nitrogen and oxygen atoms in total. The van der Waals surface area contributed by atoms with Crippen LogP contribution in [0.15, 0.2) is 41.3 Å². The summed E-state index contributed by atoms with van der Waals surface area (Å²) in [5, 5.41) is -0.621. The summed E-state index contributed by atoms with van der Waals surface area (Å²) in [5.74, 6) is -0.00572. The average molecular weight is 465 g/mol. The molecule has 0 radical (unpaired) electrons. The Morgan fingerprint density at radius 2 is 1.87 bits per heavy atom. The van der Waals surface area contributed by atoms with Gasteiger partial charge >= 0.3 is 6.18 Å². The van der Waals surface area contributed by atoms with E-state index in [1.165, 1.54) is 19.1 Å². The lowest BCUT2D eigenvalue weighted by molar-refractivity contribution is -0.137. The zero-order valence-corrected chi connectivity index (χ0v) is 18.0. The van der Waals surface area contributed by atoms with Crippen molar-refractivity contribution in [2.45, 2.75) is 24.5 Å². The van der Waals surface area contributed by atoms with E-state index in [1.54, 1.807) is 6.07 Å². The Labute approximate surface area is 177 Å². The number of rotatable bonds is 7. The SMILES string of the molecule is COc1ccc(C)cc1CN(C)C(=O)CNS(=O)(=O)c1ccc(Cl)c(C(F)(F)F)c1. The molecule has 2 aromatic carbocycles. The number of alkyl halides is 3. The molecule has 0 bridgehead atoms. The minimum absolute atomic E-state index is 0.157. The van der Waals surface area contributed by atoms with E-state index in [9.17, 15) is 26.4 Å². The van der Waals surface area contributed by atoms with Crippen LogP contribution in [0.25, 0.3) is 0 Å². The Hall–Kier alpha value is -2.30. The van der Waals surface area contributed by atoms with Gasteiger partial charge < -0.3 is 9.64 Å². The molecule has 1 N–H and O–H groups in total. The number of carbonyl (C=O) groups excluding carboxylic acids is 1. The lowest BCUT2D eigenvalue weighted by Gasteiger charge is -2.19. The first kappa shape index (κ1) is 24.0. The van der Waals surface area contributed by atoms with Crippen LogP contribution in [0.1, 0.15) is 16.7 Å². The Morgan fingerprint density at radius 3 is 2.47 bits per heavy atom. The molecule has 0 aliphatic carbocycles. The molecule has 0 atom stereocenters. The van der Waals surface area contributed by atoms with Gasteiger partial charge in [-0.3, -0.25) is 4.79 Å². The first-order valence-electron chi connectivity index (χ1n) is 8.59. The quantitative estimate of drug-likeness (QED) is 0.679. The molecule has 0 heterocycles. The van der Waals surface area contributed by atoms with E-state index in [0.717, 1.165) is 23.3 Å². The summed E-state index contributed by atoms with van der Waals surface area (Å²) < 4.78 is 70.8. The van der Waals surface area contributed by atoms with Crippen molar-refractivity contribution in [2.24, 2.45) is 0 Å². The van der Waals surface area contributed by atoms with Crippen LogP contribution in [0.4, 0.5) is 13.2 Å². The third-order valence-electron chi connectivity index (χ3n) is 4.24. The largest absolute Gasteiger partial charge is 0.496 e. The second-order valence-corrected chi connectivity index (χ2v) is 8.70. The van der Waals surface area contributed by atoms with E-state index in [2.05, 4.69) is 0 Å². The number of aryl methyl sites for hydroxylation is 1. The van der Waals surface area contributed by atoms with Crippen LogP contribution in [0, 0.1) is 6.92 Å². The number of nitrogens with one attached hydrogen (secondary N) is 1. The van der Waals surface area contributed by atoms with Crippen molar-refractivity contribution in [1.82, 2.24) is 9.62 Å². The molecule has 0 unspecified atom stereocenters. The van der Waals surface area contributed by atoms with Crippen molar-refractivity contribution in [3.8, 4) is 5.75 Å². The maximum absolute atomic E-state index is 13.0. The van der Waals surface area contributed by atoms with E-state index in [-0.39, 0.29) is 6.54 Å². The molecule has 0 fully saturated rings. The van der Waals surface area contributed by atoms with Gasteiger partial charge in [0.1, 0.15) is 5.75 Å². The van der Waals surface area contributed by atoms with Crippen molar-refractivity contribution in [2.75, 3.05) is 20.7 Å². The third kappa shape index (κ3) is 5.87. The number of sulfonamides is 1. The molecular formula is C19H20ClF3N2O4S. The highest BCUT2D eigenvalue weighted by Crippen LogP contribution is 2.35. The highest BCUT2D eigenvalue weighted by Gasteiger charge is 2.34. The molecule has 0 saturated heterocycles. The Bertz CT molecular complexity index is 1040. The average Bonchev–Trinajstić information content (AvgIpc) is 2.65. The van der Waals surface area contributed by atoms with Crippen molar-refractivity contribution in [3.05, 3.63) is 58.1 Å². The molecule has 0 aliphatic rings. The van der Waals surface area contributed by atoms with Gasteiger partial charge in [-0.2, -0.15) is 13.2 Å². The molecule has 11 heteroatoms. The number of benzene rings is 2. The van der Waals surface area contributed by atoms with Gasteiger partial charge in [-0.1, -0.05) is 29.3 Å². The number of hydrogen-bond donors (Lipinski definition) is 1. The topological polar surface area (TPSA) is 75.7 Å². The summed E-state index contributed by atoms with van der Waals surface area (Å²) in [6.07, 6.45) is -4.81. The molecule has 0 aromatic heterocycles. The van der Waals surface area contributed by atoms with E-state index in [4.69, 9.17) is 16.3 Å². The lowest BCUT2D eigenvalue weighted by atomic mass is 10.1. The molecule has 30 heavy (non-hydrogen) atoms. The standard InChI is InChI=1S/C19H20ClF3N2O4S/c1-12-4-7-17(29-3)13(8-12)11-25(2)18(26)10-24-30(27,28)14-5-6-16(20)15(9-14)19(21,22)23/h4-9,24H,10-11H2,1-3H3. The van der Waals surface area contributed by atoms with Gasteiger partial charge in [0.15, 0.2) is 0 Å². The molecule has 0 saturated carbocycles. The van der Waals surface area contributed by atoms with Crippen molar-refractivity contribution in [1.29, 1.82) is 0 Å². The normalized spacial score (nSPS) is 12.0. The number of nitrogens with zero attached hydrogens (tertiary/aromatic N) is 1. The van der Waals surface area contributed by atoms with Crippen LogP contribution in [0.2, 0.25) is 5.02 Å². The summed E-state index contributed by atoms with van der Waals surface area (Å²) in [5.41, 5.74) is 0.404. The zero-order chi connectivity index (χ0) is 22.7. The van der Waals surface area contributed by atoms with Gasteiger partial charge in [-0.05, 0) is 31.2 Å². The van der Waals surface area contributed by atoms with Crippen LogP contribution in [0.3, 0.4) is 0 Å². The maximum Gasteiger partial charge on any atom is 0.417 e. The molecule has 2 aromatic rings. The Balaban J connectivity index is 2.11. The van der Waals surface area contributed by atoms with Gasteiger partial charge in [0.25, 0.3) is 0 Å². The second-order valence-electron chi connectivity index (χ2n) is 6.53.